The van der Waals surface area contributed by atoms with Crippen molar-refractivity contribution in [2.24, 2.45) is 0 Å². The lowest BCUT2D eigenvalue weighted by atomic mass is 10.1. The van der Waals surface area contributed by atoms with E-state index in [2.05, 4.69) is 21.2 Å². The molecule has 108 valence electrons. The van der Waals surface area contributed by atoms with Crippen molar-refractivity contribution in [3.63, 3.8) is 0 Å². The normalized spacial score (nSPS) is 11.7. The number of carboxylic acid groups (broad SMARTS) is 1. The predicted octanol–water partition coefficient (Wildman–Crippen LogP) is 0.923. The van der Waals surface area contributed by atoms with Gasteiger partial charge < -0.3 is 15.5 Å². The van der Waals surface area contributed by atoms with E-state index in [-0.39, 0.29) is 22.1 Å². The maximum absolute atomic E-state index is 11.8. The Labute approximate surface area is 121 Å². The topological polar surface area (TPSA) is 130 Å². The molecule has 0 unspecified atom stereocenters. The number of aliphatic carboxylic acids is 1. The quantitative estimate of drug-likeness (QED) is 0.518. The summed E-state index contributed by atoms with van der Waals surface area (Å²) in [6, 6.07) is 2.44. The lowest BCUT2D eigenvalue weighted by molar-refractivity contribution is -0.385. The highest BCUT2D eigenvalue weighted by atomic mass is 79.9. The Morgan fingerprint density at radius 3 is 2.60 bits per heavy atom. The smallest absolute Gasteiger partial charge is 0.326 e. The first kappa shape index (κ1) is 16.1. The van der Waals surface area contributed by atoms with Gasteiger partial charge in [-0.05, 0) is 28.1 Å². The van der Waals surface area contributed by atoms with E-state index in [4.69, 9.17) is 10.2 Å². The molecule has 1 aromatic rings. The van der Waals surface area contributed by atoms with E-state index in [1.165, 1.54) is 12.1 Å². The molecule has 0 heterocycles. The molecule has 0 aliphatic rings. The van der Waals surface area contributed by atoms with Crippen molar-refractivity contribution >= 4 is 33.5 Å². The van der Waals surface area contributed by atoms with Gasteiger partial charge in [0, 0.05) is 24.7 Å². The van der Waals surface area contributed by atoms with E-state index in [1.807, 2.05) is 0 Å². The summed E-state index contributed by atoms with van der Waals surface area (Å²) >= 11 is 2.98. The van der Waals surface area contributed by atoms with Crippen molar-refractivity contribution < 1.29 is 24.7 Å². The molecular weight excluding hydrogens is 336 g/mol. The monoisotopic (exact) mass is 346 g/mol. The number of aliphatic hydroxyl groups excluding tert-OH is 1. The van der Waals surface area contributed by atoms with Crippen LogP contribution >= 0.6 is 15.9 Å². The second-order valence-corrected chi connectivity index (χ2v) is 4.65. The molecule has 0 aromatic heterocycles. The largest absolute Gasteiger partial charge is 0.480 e. The Morgan fingerprint density at radius 2 is 2.10 bits per heavy atom. The van der Waals surface area contributed by atoms with Crippen molar-refractivity contribution in [3.05, 3.63) is 38.3 Å². The summed E-state index contributed by atoms with van der Waals surface area (Å²) < 4.78 is 0.212. The third-order valence-corrected chi connectivity index (χ3v) is 3.10. The number of benzene rings is 1. The van der Waals surface area contributed by atoms with E-state index < -0.39 is 29.4 Å². The molecule has 0 spiro atoms. The molecule has 1 rings (SSSR count). The molecule has 0 aliphatic carbocycles. The second-order valence-electron chi connectivity index (χ2n) is 3.80. The molecule has 0 fully saturated rings. The highest BCUT2D eigenvalue weighted by Crippen LogP contribution is 2.25. The Hall–Kier alpha value is -2.00. The number of rotatable bonds is 6. The maximum atomic E-state index is 11.8. The van der Waals surface area contributed by atoms with Crippen LogP contribution in [0.25, 0.3) is 0 Å². The molecule has 1 amide bonds. The fourth-order valence-electron chi connectivity index (χ4n) is 1.42. The molecule has 1 aromatic carbocycles. The van der Waals surface area contributed by atoms with E-state index in [0.717, 1.165) is 6.07 Å². The Balaban J connectivity index is 2.95. The Kier molecular flexibility index (Phi) is 5.59. The molecule has 20 heavy (non-hydrogen) atoms. The zero-order valence-electron chi connectivity index (χ0n) is 10.1. The van der Waals surface area contributed by atoms with Crippen LogP contribution in [0.2, 0.25) is 0 Å². The summed E-state index contributed by atoms with van der Waals surface area (Å²) in [5.41, 5.74) is -0.337. The van der Waals surface area contributed by atoms with Crippen LogP contribution in [0.3, 0.4) is 0 Å². The number of hydrogen-bond donors (Lipinski definition) is 3. The van der Waals surface area contributed by atoms with E-state index in [1.54, 1.807) is 0 Å². The first-order valence-electron chi connectivity index (χ1n) is 5.45. The number of aliphatic hydroxyl groups is 1. The van der Waals surface area contributed by atoms with Crippen LogP contribution in [0.15, 0.2) is 22.7 Å². The summed E-state index contributed by atoms with van der Waals surface area (Å²) in [6.07, 6.45) is -0.153. The SMILES string of the molecule is O=C(N[C@@H](CCO)C(=O)O)c1ccc(Br)c([N+](=O)[O-])c1. The molecular formula is C11H11BrN2O6. The van der Waals surface area contributed by atoms with Gasteiger partial charge in [0.25, 0.3) is 11.6 Å². The van der Waals surface area contributed by atoms with Crippen molar-refractivity contribution in [2.75, 3.05) is 6.61 Å². The zero-order chi connectivity index (χ0) is 15.3. The molecule has 3 N–H and O–H groups in total. The standard InChI is InChI=1S/C11H11BrN2O6/c12-7-2-1-6(5-9(7)14(19)20)10(16)13-8(3-4-15)11(17)18/h1-2,5,8,15H,3-4H2,(H,13,16)(H,17,18)/t8-/m0/s1. The van der Waals surface area contributed by atoms with Gasteiger partial charge in [0.15, 0.2) is 0 Å². The van der Waals surface area contributed by atoms with Gasteiger partial charge in [-0.1, -0.05) is 0 Å². The molecule has 8 nitrogen and oxygen atoms in total. The number of nitrogens with one attached hydrogen (secondary N) is 1. The average Bonchev–Trinajstić information content (AvgIpc) is 2.38. The number of carboxylic acids is 1. The molecule has 0 radical (unpaired) electrons. The van der Waals surface area contributed by atoms with Crippen LogP contribution in [-0.2, 0) is 4.79 Å². The summed E-state index contributed by atoms with van der Waals surface area (Å²) in [4.78, 5) is 32.8. The third-order valence-electron chi connectivity index (χ3n) is 2.43. The lowest BCUT2D eigenvalue weighted by Gasteiger charge is -2.13. The van der Waals surface area contributed by atoms with Crippen molar-refractivity contribution in [1.82, 2.24) is 5.32 Å². The third kappa shape index (κ3) is 4.00. The van der Waals surface area contributed by atoms with Gasteiger partial charge in [0.1, 0.15) is 6.04 Å². The van der Waals surface area contributed by atoms with Crippen LogP contribution in [0.4, 0.5) is 5.69 Å². The van der Waals surface area contributed by atoms with E-state index >= 15 is 0 Å². The van der Waals surface area contributed by atoms with Gasteiger partial charge in [-0.2, -0.15) is 0 Å². The Bertz CT molecular complexity index is 548. The van der Waals surface area contributed by atoms with Gasteiger partial charge >= 0.3 is 5.97 Å². The van der Waals surface area contributed by atoms with E-state index in [0.29, 0.717) is 0 Å². The van der Waals surface area contributed by atoms with Crippen LogP contribution in [-0.4, -0.2) is 39.7 Å². The van der Waals surface area contributed by atoms with Gasteiger partial charge in [-0.25, -0.2) is 4.79 Å². The minimum Gasteiger partial charge on any atom is -0.480 e. The average molecular weight is 347 g/mol. The number of halogens is 1. The van der Waals surface area contributed by atoms with Gasteiger partial charge in [-0.3, -0.25) is 14.9 Å². The van der Waals surface area contributed by atoms with Crippen molar-refractivity contribution in [2.45, 2.75) is 12.5 Å². The molecule has 0 saturated carbocycles. The van der Waals surface area contributed by atoms with Gasteiger partial charge in [0.2, 0.25) is 0 Å². The molecule has 9 heteroatoms. The fourth-order valence-corrected chi connectivity index (χ4v) is 1.81. The number of carbonyl (C=O) groups is 2. The molecule has 1 atom stereocenters. The van der Waals surface area contributed by atoms with Gasteiger partial charge in [-0.15, -0.1) is 0 Å². The van der Waals surface area contributed by atoms with Crippen molar-refractivity contribution in [1.29, 1.82) is 0 Å². The molecule has 0 aliphatic heterocycles. The number of carbonyl (C=O) groups excluding carboxylic acids is 1. The first-order valence-corrected chi connectivity index (χ1v) is 6.24. The van der Waals surface area contributed by atoms with Crippen LogP contribution in [0.1, 0.15) is 16.8 Å². The molecule has 0 bridgehead atoms. The van der Waals surface area contributed by atoms with Gasteiger partial charge in [0.05, 0.1) is 9.40 Å². The predicted molar refractivity (Wildman–Crippen MR) is 71.4 cm³/mol. The number of amides is 1. The second kappa shape index (κ2) is 6.96. The maximum Gasteiger partial charge on any atom is 0.326 e. The zero-order valence-corrected chi connectivity index (χ0v) is 11.7. The summed E-state index contributed by atoms with van der Waals surface area (Å²) in [5, 5.41) is 30.5. The molecule has 0 saturated heterocycles. The van der Waals surface area contributed by atoms with Crippen molar-refractivity contribution in [3.8, 4) is 0 Å². The summed E-state index contributed by atoms with van der Waals surface area (Å²) in [6.45, 7) is -0.405. The van der Waals surface area contributed by atoms with Crippen LogP contribution < -0.4 is 5.32 Å². The summed E-state index contributed by atoms with van der Waals surface area (Å²) in [7, 11) is 0. The summed E-state index contributed by atoms with van der Waals surface area (Å²) in [5.74, 6) is -2.06. The van der Waals surface area contributed by atoms with Crippen LogP contribution in [0, 0.1) is 10.1 Å². The number of nitrogens with zero attached hydrogens (tertiary/aromatic N) is 1. The number of nitro groups is 1. The minimum absolute atomic E-state index is 0.0379. The highest BCUT2D eigenvalue weighted by Gasteiger charge is 2.22. The number of hydrogen-bond acceptors (Lipinski definition) is 5. The van der Waals surface area contributed by atoms with E-state index in [9.17, 15) is 19.7 Å². The Morgan fingerprint density at radius 1 is 1.45 bits per heavy atom. The number of nitro benzene ring substituents is 1. The van der Waals surface area contributed by atoms with Crippen LogP contribution in [0.5, 0.6) is 0 Å². The highest BCUT2D eigenvalue weighted by molar-refractivity contribution is 9.10. The minimum atomic E-state index is -1.29. The lowest BCUT2D eigenvalue weighted by Crippen LogP contribution is -2.41. The first-order chi connectivity index (χ1) is 9.36. The fraction of sp³-hybridized carbons (Fsp3) is 0.273.